The molecule has 1 aliphatic heterocycles. The van der Waals surface area contributed by atoms with Crippen LogP contribution in [-0.2, 0) is 4.74 Å². The molecule has 0 bridgehead atoms. The van der Waals surface area contributed by atoms with Crippen LogP contribution in [0.25, 0.3) is 0 Å². The van der Waals surface area contributed by atoms with Crippen molar-refractivity contribution in [3.05, 3.63) is 29.3 Å². The van der Waals surface area contributed by atoms with Crippen LogP contribution >= 0.6 is 0 Å². The molecule has 3 heteroatoms. The van der Waals surface area contributed by atoms with E-state index in [0.29, 0.717) is 12.6 Å². The van der Waals surface area contributed by atoms with Gasteiger partial charge in [0.2, 0.25) is 0 Å². The largest absolute Gasteiger partial charge is 0.491 e. The van der Waals surface area contributed by atoms with Crippen LogP contribution in [0.2, 0.25) is 0 Å². The van der Waals surface area contributed by atoms with Crippen molar-refractivity contribution in [2.24, 2.45) is 0 Å². The summed E-state index contributed by atoms with van der Waals surface area (Å²) in [4.78, 5) is 0. The summed E-state index contributed by atoms with van der Waals surface area (Å²) in [6, 6.07) is 6.70. The zero-order chi connectivity index (χ0) is 15.5. The molecule has 1 saturated heterocycles. The van der Waals surface area contributed by atoms with Gasteiger partial charge in [-0.05, 0) is 53.1 Å². The van der Waals surface area contributed by atoms with Gasteiger partial charge in [0, 0.05) is 11.6 Å². The number of benzene rings is 1. The highest BCUT2D eigenvalue weighted by Crippen LogP contribution is 2.31. The Morgan fingerprint density at radius 2 is 2.19 bits per heavy atom. The van der Waals surface area contributed by atoms with Crippen molar-refractivity contribution in [1.29, 1.82) is 0 Å². The van der Waals surface area contributed by atoms with Gasteiger partial charge in [0.05, 0.1) is 11.7 Å². The molecule has 2 rings (SSSR count). The fourth-order valence-corrected chi connectivity index (χ4v) is 2.93. The zero-order valence-electron chi connectivity index (χ0n) is 14.0. The molecule has 3 nitrogen and oxygen atoms in total. The Morgan fingerprint density at radius 1 is 1.43 bits per heavy atom. The molecule has 0 aliphatic carbocycles. The van der Waals surface area contributed by atoms with Gasteiger partial charge in [-0.15, -0.1) is 0 Å². The van der Waals surface area contributed by atoms with Crippen molar-refractivity contribution in [2.75, 3.05) is 13.2 Å². The molecule has 0 radical (unpaired) electrons. The Balaban J connectivity index is 2.02. The lowest BCUT2D eigenvalue weighted by molar-refractivity contribution is -0.0328. The van der Waals surface area contributed by atoms with Gasteiger partial charge in [0.25, 0.3) is 0 Å². The number of hydrogen-bond donors (Lipinski definition) is 1. The number of rotatable bonds is 6. The first-order chi connectivity index (χ1) is 9.91. The summed E-state index contributed by atoms with van der Waals surface area (Å²) in [5, 5.41) is 3.46. The predicted octanol–water partition coefficient (Wildman–Crippen LogP) is 4.00. The normalized spacial score (nSPS) is 22.2. The number of ether oxygens (including phenoxy) is 2. The summed E-state index contributed by atoms with van der Waals surface area (Å²) in [6.45, 7) is 12.3. The van der Waals surface area contributed by atoms with Crippen LogP contribution in [0.3, 0.4) is 0 Å². The molecule has 1 fully saturated rings. The summed E-state index contributed by atoms with van der Waals surface area (Å²) < 4.78 is 12.1. The van der Waals surface area contributed by atoms with E-state index in [1.165, 1.54) is 11.1 Å². The van der Waals surface area contributed by atoms with E-state index in [4.69, 9.17) is 9.47 Å². The Bertz CT molecular complexity index is 470. The van der Waals surface area contributed by atoms with Crippen LogP contribution in [0.5, 0.6) is 5.75 Å². The SMILES string of the molecule is CCNC(C)c1cc(C)ccc1OCC1CCC(C)(C)O1. The van der Waals surface area contributed by atoms with E-state index >= 15 is 0 Å². The zero-order valence-corrected chi connectivity index (χ0v) is 14.0. The van der Waals surface area contributed by atoms with E-state index in [9.17, 15) is 0 Å². The van der Waals surface area contributed by atoms with Crippen molar-refractivity contribution in [1.82, 2.24) is 5.32 Å². The maximum absolute atomic E-state index is 6.07. The highest BCUT2D eigenvalue weighted by molar-refractivity contribution is 5.39. The van der Waals surface area contributed by atoms with Gasteiger partial charge in [0.15, 0.2) is 0 Å². The van der Waals surface area contributed by atoms with Gasteiger partial charge in [0.1, 0.15) is 12.4 Å². The van der Waals surface area contributed by atoms with Gasteiger partial charge in [-0.3, -0.25) is 0 Å². The highest BCUT2D eigenvalue weighted by Gasteiger charge is 2.32. The lowest BCUT2D eigenvalue weighted by Crippen LogP contribution is -2.24. The van der Waals surface area contributed by atoms with Gasteiger partial charge >= 0.3 is 0 Å². The second kappa shape index (κ2) is 6.80. The summed E-state index contributed by atoms with van der Waals surface area (Å²) in [5.74, 6) is 0.974. The molecular weight excluding hydrogens is 262 g/mol. The molecular formula is C18H29NO2. The standard InChI is InChI=1S/C18H29NO2/c1-6-19-14(3)16-11-13(2)7-8-17(16)20-12-15-9-10-18(4,5)21-15/h7-8,11,14-15,19H,6,9-10,12H2,1-5H3. The minimum atomic E-state index is 0.00118. The third-order valence-corrected chi connectivity index (χ3v) is 4.12. The highest BCUT2D eigenvalue weighted by atomic mass is 16.6. The lowest BCUT2D eigenvalue weighted by Gasteiger charge is -2.22. The molecule has 1 aliphatic rings. The summed E-state index contributed by atoms with van der Waals surface area (Å²) in [5.41, 5.74) is 2.50. The molecule has 118 valence electrons. The average Bonchev–Trinajstić information content (AvgIpc) is 2.77. The van der Waals surface area contributed by atoms with E-state index in [-0.39, 0.29) is 11.7 Å². The minimum Gasteiger partial charge on any atom is -0.491 e. The van der Waals surface area contributed by atoms with E-state index in [1.54, 1.807) is 0 Å². The quantitative estimate of drug-likeness (QED) is 0.859. The monoisotopic (exact) mass is 291 g/mol. The molecule has 0 saturated carbocycles. The number of hydrogen-bond acceptors (Lipinski definition) is 3. The van der Waals surface area contributed by atoms with Crippen LogP contribution < -0.4 is 10.1 Å². The van der Waals surface area contributed by atoms with Gasteiger partial charge in [-0.1, -0.05) is 24.6 Å². The second-order valence-corrected chi connectivity index (χ2v) is 6.67. The molecule has 1 aromatic rings. The molecule has 2 atom stereocenters. The van der Waals surface area contributed by atoms with E-state index < -0.39 is 0 Å². The van der Waals surface area contributed by atoms with Crippen molar-refractivity contribution < 1.29 is 9.47 Å². The summed E-state index contributed by atoms with van der Waals surface area (Å²) in [6.07, 6.45) is 2.40. The van der Waals surface area contributed by atoms with Crippen molar-refractivity contribution in [3.63, 3.8) is 0 Å². The number of nitrogens with one attached hydrogen (secondary N) is 1. The third kappa shape index (κ3) is 4.45. The Kier molecular flexibility index (Phi) is 5.28. The molecule has 0 spiro atoms. The first-order valence-electron chi connectivity index (χ1n) is 8.06. The van der Waals surface area contributed by atoms with Crippen molar-refractivity contribution in [3.8, 4) is 5.75 Å². The molecule has 1 aromatic carbocycles. The smallest absolute Gasteiger partial charge is 0.124 e. The van der Waals surface area contributed by atoms with Crippen LogP contribution in [0.1, 0.15) is 57.7 Å². The van der Waals surface area contributed by atoms with Gasteiger partial charge in [-0.25, -0.2) is 0 Å². The minimum absolute atomic E-state index is 0.00118. The molecule has 1 heterocycles. The van der Waals surface area contributed by atoms with E-state index in [2.05, 4.69) is 58.1 Å². The van der Waals surface area contributed by atoms with Crippen LogP contribution in [-0.4, -0.2) is 24.9 Å². The second-order valence-electron chi connectivity index (χ2n) is 6.67. The lowest BCUT2D eigenvalue weighted by atomic mass is 10.0. The maximum atomic E-state index is 6.07. The van der Waals surface area contributed by atoms with Gasteiger partial charge < -0.3 is 14.8 Å². The van der Waals surface area contributed by atoms with Gasteiger partial charge in [-0.2, -0.15) is 0 Å². The molecule has 0 amide bonds. The average molecular weight is 291 g/mol. The fourth-order valence-electron chi connectivity index (χ4n) is 2.93. The topological polar surface area (TPSA) is 30.5 Å². The van der Waals surface area contributed by atoms with E-state index in [0.717, 1.165) is 25.1 Å². The van der Waals surface area contributed by atoms with Crippen LogP contribution in [0.15, 0.2) is 18.2 Å². The van der Waals surface area contributed by atoms with Crippen molar-refractivity contribution >= 4 is 0 Å². The molecule has 2 unspecified atom stereocenters. The molecule has 21 heavy (non-hydrogen) atoms. The molecule has 1 N–H and O–H groups in total. The molecule has 0 aromatic heterocycles. The summed E-state index contributed by atoms with van der Waals surface area (Å²) >= 11 is 0. The number of aryl methyl sites for hydroxylation is 1. The fraction of sp³-hybridized carbons (Fsp3) is 0.667. The summed E-state index contributed by atoms with van der Waals surface area (Å²) in [7, 11) is 0. The van der Waals surface area contributed by atoms with Crippen LogP contribution in [0, 0.1) is 6.92 Å². The Labute approximate surface area is 129 Å². The van der Waals surface area contributed by atoms with Crippen LogP contribution in [0.4, 0.5) is 0 Å². The Hall–Kier alpha value is -1.06. The maximum Gasteiger partial charge on any atom is 0.124 e. The first kappa shape index (κ1) is 16.3. The third-order valence-electron chi connectivity index (χ3n) is 4.12. The van der Waals surface area contributed by atoms with Crippen molar-refractivity contribution in [2.45, 2.75) is 65.2 Å². The first-order valence-corrected chi connectivity index (χ1v) is 8.06. The predicted molar refractivity (Wildman–Crippen MR) is 87.0 cm³/mol. The Morgan fingerprint density at radius 3 is 2.81 bits per heavy atom. The van der Waals surface area contributed by atoms with E-state index in [1.807, 2.05) is 0 Å².